The zero-order chi connectivity index (χ0) is 13.7. The Kier molecular flexibility index (Phi) is 6.62. The first-order valence-electron chi connectivity index (χ1n) is 6.09. The van der Waals surface area contributed by atoms with Gasteiger partial charge in [0.1, 0.15) is 11.6 Å². The molecule has 2 rings (SSSR count). The molecule has 20 heavy (non-hydrogen) atoms. The predicted octanol–water partition coefficient (Wildman–Crippen LogP) is 4.91. The van der Waals surface area contributed by atoms with E-state index >= 15 is 0 Å². The second kappa shape index (κ2) is 7.98. The van der Waals surface area contributed by atoms with Crippen LogP contribution in [0.5, 0.6) is 5.75 Å². The fourth-order valence-corrected chi connectivity index (χ4v) is 1.94. The van der Waals surface area contributed by atoms with Crippen molar-refractivity contribution in [2.45, 2.75) is 13.5 Å². The van der Waals surface area contributed by atoms with E-state index in [1.165, 1.54) is 12.1 Å². The van der Waals surface area contributed by atoms with Gasteiger partial charge in [0.05, 0.1) is 6.61 Å². The van der Waals surface area contributed by atoms with E-state index in [2.05, 4.69) is 5.32 Å². The fraction of sp³-hybridized carbons (Fsp3) is 0.200. The summed E-state index contributed by atoms with van der Waals surface area (Å²) in [5.74, 6) is 0.560. The van der Waals surface area contributed by atoms with Gasteiger partial charge >= 0.3 is 0 Å². The second-order valence-electron chi connectivity index (χ2n) is 4.05. The standard InChI is InChI=1S/C15H15ClFNO.ClH/c1-2-19-15-8-3-12(16)9-11(15)10-18-14-6-4-13(17)5-7-14;/h3-9,18H,2,10H2,1H3;1H. The van der Waals surface area contributed by atoms with Crippen LogP contribution in [0.2, 0.25) is 5.02 Å². The molecule has 2 aromatic rings. The minimum Gasteiger partial charge on any atom is -0.494 e. The Hall–Kier alpha value is -1.45. The van der Waals surface area contributed by atoms with Crippen LogP contribution in [0.3, 0.4) is 0 Å². The van der Waals surface area contributed by atoms with Crippen LogP contribution in [-0.2, 0) is 6.54 Å². The Bertz CT molecular complexity index is 546. The molecule has 1 N–H and O–H groups in total. The van der Waals surface area contributed by atoms with Crippen molar-refractivity contribution in [1.29, 1.82) is 0 Å². The average molecular weight is 316 g/mol. The lowest BCUT2D eigenvalue weighted by molar-refractivity contribution is 0.337. The summed E-state index contributed by atoms with van der Waals surface area (Å²) in [6, 6.07) is 11.7. The summed E-state index contributed by atoms with van der Waals surface area (Å²) in [4.78, 5) is 0. The predicted molar refractivity (Wildman–Crippen MR) is 83.6 cm³/mol. The minimum absolute atomic E-state index is 0. The van der Waals surface area contributed by atoms with E-state index in [1.807, 2.05) is 19.1 Å². The highest BCUT2D eigenvalue weighted by atomic mass is 35.5. The Labute approximate surface area is 129 Å². The number of hydrogen-bond acceptors (Lipinski definition) is 2. The molecule has 0 aliphatic heterocycles. The number of anilines is 1. The third kappa shape index (κ3) is 4.58. The first-order chi connectivity index (χ1) is 9.19. The molecule has 0 saturated carbocycles. The molecule has 0 unspecified atom stereocenters. The number of hydrogen-bond donors (Lipinski definition) is 1. The normalized spacial score (nSPS) is 9.75. The summed E-state index contributed by atoms with van der Waals surface area (Å²) < 4.78 is 18.3. The summed E-state index contributed by atoms with van der Waals surface area (Å²) in [6.45, 7) is 3.11. The minimum atomic E-state index is -0.247. The third-order valence-corrected chi connectivity index (χ3v) is 2.88. The van der Waals surface area contributed by atoms with E-state index in [0.29, 0.717) is 18.2 Å². The van der Waals surface area contributed by atoms with E-state index in [0.717, 1.165) is 17.0 Å². The van der Waals surface area contributed by atoms with E-state index in [-0.39, 0.29) is 18.2 Å². The fourth-order valence-electron chi connectivity index (χ4n) is 1.75. The van der Waals surface area contributed by atoms with E-state index in [9.17, 15) is 4.39 Å². The van der Waals surface area contributed by atoms with Crippen LogP contribution >= 0.6 is 24.0 Å². The zero-order valence-corrected chi connectivity index (χ0v) is 12.6. The highest BCUT2D eigenvalue weighted by Crippen LogP contribution is 2.24. The van der Waals surface area contributed by atoms with Gasteiger partial charge in [-0.25, -0.2) is 4.39 Å². The molecule has 0 bridgehead atoms. The van der Waals surface area contributed by atoms with Gasteiger partial charge in [-0.2, -0.15) is 0 Å². The molecule has 2 aromatic carbocycles. The van der Waals surface area contributed by atoms with E-state index < -0.39 is 0 Å². The summed E-state index contributed by atoms with van der Waals surface area (Å²) in [6.07, 6.45) is 0. The molecule has 0 amide bonds. The maximum atomic E-state index is 12.8. The Morgan fingerprint density at radius 3 is 2.50 bits per heavy atom. The number of ether oxygens (including phenoxy) is 1. The lowest BCUT2D eigenvalue weighted by atomic mass is 10.2. The number of nitrogens with one attached hydrogen (secondary N) is 1. The smallest absolute Gasteiger partial charge is 0.124 e. The number of benzene rings is 2. The molecule has 0 aliphatic rings. The molecule has 0 saturated heterocycles. The highest BCUT2D eigenvalue weighted by Gasteiger charge is 2.04. The van der Waals surface area contributed by atoms with Crippen molar-refractivity contribution in [2.75, 3.05) is 11.9 Å². The van der Waals surface area contributed by atoms with Crippen LogP contribution in [0.4, 0.5) is 10.1 Å². The SMILES string of the molecule is CCOc1ccc(Cl)cc1CNc1ccc(F)cc1.Cl. The van der Waals surface area contributed by atoms with Crippen molar-refractivity contribution >= 4 is 29.7 Å². The van der Waals surface area contributed by atoms with Crippen molar-refractivity contribution in [3.63, 3.8) is 0 Å². The molecule has 0 radical (unpaired) electrons. The summed E-state index contributed by atoms with van der Waals surface area (Å²) in [7, 11) is 0. The van der Waals surface area contributed by atoms with Gasteiger partial charge in [-0.05, 0) is 49.4 Å². The Morgan fingerprint density at radius 2 is 1.85 bits per heavy atom. The molecule has 0 spiro atoms. The molecule has 5 heteroatoms. The van der Waals surface area contributed by atoms with Crippen LogP contribution in [-0.4, -0.2) is 6.61 Å². The van der Waals surface area contributed by atoms with Gasteiger partial charge in [0.15, 0.2) is 0 Å². The van der Waals surface area contributed by atoms with Crippen molar-refractivity contribution < 1.29 is 9.13 Å². The van der Waals surface area contributed by atoms with Crippen molar-refractivity contribution in [1.82, 2.24) is 0 Å². The van der Waals surface area contributed by atoms with Gasteiger partial charge in [0.25, 0.3) is 0 Å². The van der Waals surface area contributed by atoms with E-state index in [4.69, 9.17) is 16.3 Å². The number of halogens is 3. The molecular weight excluding hydrogens is 300 g/mol. The van der Waals surface area contributed by atoms with Crippen molar-refractivity contribution in [2.24, 2.45) is 0 Å². The molecular formula is C15H16Cl2FNO. The first-order valence-corrected chi connectivity index (χ1v) is 6.47. The van der Waals surface area contributed by atoms with Gasteiger partial charge in [-0.3, -0.25) is 0 Å². The van der Waals surface area contributed by atoms with Crippen LogP contribution in [0.1, 0.15) is 12.5 Å². The average Bonchev–Trinajstić information content (AvgIpc) is 2.41. The summed E-state index contributed by atoms with van der Waals surface area (Å²) in [5, 5.41) is 3.87. The van der Waals surface area contributed by atoms with Gasteiger partial charge in [0.2, 0.25) is 0 Å². The topological polar surface area (TPSA) is 21.3 Å². The lowest BCUT2D eigenvalue weighted by Crippen LogP contribution is -2.03. The van der Waals surface area contributed by atoms with Gasteiger partial charge in [-0.1, -0.05) is 11.6 Å². The first kappa shape index (κ1) is 16.6. The molecule has 0 atom stereocenters. The summed E-state index contributed by atoms with van der Waals surface area (Å²) >= 11 is 5.99. The largest absolute Gasteiger partial charge is 0.494 e. The van der Waals surface area contributed by atoms with Crippen LogP contribution in [0.15, 0.2) is 42.5 Å². The molecule has 0 fully saturated rings. The van der Waals surface area contributed by atoms with Gasteiger partial charge in [0, 0.05) is 22.8 Å². The van der Waals surface area contributed by atoms with Crippen molar-refractivity contribution in [3.8, 4) is 5.75 Å². The highest BCUT2D eigenvalue weighted by molar-refractivity contribution is 6.30. The van der Waals surface area contributed by atoms with Crippen LogP contribution in [0, 0.1) is 5.82 Å². The van der Waals surface area contributed by atoms with Crippen molar-refractivity contribution in [3.05, 3.63) is 58.9 Å². The Balaban J connectivity index is 0.00000200. The molecule has 0 heterocycles. The molecule has 0 aromatic heterocycles. The van der Waals surface area contributed by atoms with E-state index in [1.54, 1.807) is 18.2 Å². The monoisotopic (exact) mass is 315 g/mol. The van der Waals surface area contributed by atoms with Gasteiger partial charge < -0.3 is 10.1 Å². The molecule has 0 aliphatic carbocycles. The maximum Gasteiger partial charge on any atom is 0.124 e. The zero-order valence-electron chi connectivity index (χ0n) is 11.0. The third-order valence-electron chi connectivity index (χ3n) is 2.65. The maximum absolute atomic E-state index is 12.8. The van der Waals surface area contributed by atoms with Crippen LogP contribution in [0.25, 0.3) is 0 Å². The lowest BCUT2D eigenvalue weighted by Gasteiger charge is -2.12. The summed E-state index contributed by atoms with van der Waals surface area (Å²) in [5.41, 5.74) is 1.82. The second-order valence-corrected chi connectivity index (χ2v) is 4.48. The van der Waals surface area contributed by atoms with Gasteiger partial charge in [-0.15, -0.1) is 12.4 Å². The number of rotatable bonds is 5. The molecule has 2 nitrogen and oxygen atoms in total. The van der Waals surface area contributed by atoms with Crippen LogP contribution < -0.4 is 10.1 Å². The Morgan fingerprint density at radius 1 is 1.15 bits per heavy atom. The molecule has 108 valence electrons. The quantitative estimate of drug-likeness (QED) is 0.846.